The first-order valence-corrected chi connectivity index (χ1v) is 6.58. The summed E-state index contributed by atoms with van der Waals surface area (Å²) >= 11 is 0. The van der Waals surface area contributed by atoms with Gasteiger partial charge in [0.15, 0.2) is 0 Å². The Bertz CT molecular complexity index is 526. The summed E-state index contributed by atoms with van der Waals surface area (Å²) in [6.45, 7) is 0. The Labute approximate surface area is 101 Å². The van der Waals surface area contributed by atoms with Crippen LogP contribution in [0.1, 0.15) is 31.4 Å². The molecule has 2 fully saturated rings. The minimum Gasteiger partial charge on any atom is -0.459 e. The molecule has 2 saturated carbocycles. The van der Waals surface area contributed by atoms with Crippen LogP contribution < -0.4 is 5.73 Å². The van der Waals surface area contributed by atoms with E-state index in [0.717, 1.165) is 11.3 Å². The van der Waals surface area contributed by atoms with Gasteiger partial charge in [-0.2, -0.15) is 0 Å². The van der Waals surface area contributed by atoms with Crippen LogP contribution in [0.25, 0.3) is 11.0 Å². The van der Waals surface area contributed by atoms with Crippen LogP contribution in [0.3, 0.4) is 0 Å². The molecule has 2 heteroatoms. The summed E-state index contributed by atoms with van der Waals surface area (Å²) in [6.07, 6.45) is 5.22. The van der Waals surface area contributed by atoms with Gasteiger partial charge in [-0.25, -0.2) is 0 Å². The van der Waals surface area contributed by atoms with E-state index in [4.69, 9.17) is 10.2 Å². The minimum absolute atomic E-state index is 0.157. The van der Waals surface area contributed by atoms with Gasteiger partial charge in [0.25, 0.3) is 0 Å². The molecule has 2 unspecified atom stereocenters. The summed E-state index contributed by atoms with van der Waals surface area (Å²) in [4.78, 5) is 0. The van der Waals surface area contributed by atoms with Crippen molar-refractivity contribution in [3.05, 3.63) is 36.1 Å². The zero-order valence-corrected chi connectivity index (χ0v) is 9.86. The Morgan fingerprint density at radius 2 is 1.82 bits per heavy atom. The van der Waals surface area contributed by atoms with Gasteiger partial charge in [0, 0.05) is 5.39 Å². The smallest absolute Gasteiger partial charge is 0.134 e. The van der Waals surface area contributed by atoms with Crippen LogP contribution in [-0.2, 0) is 5.54 Å². The van der Waals surface area contributed by atoms with Crippen LogP contribution in [0.4, 0.5) is 0 Å². The van der Waals surface area contributed by atoms with E-state index in [2.05, 4.69) is 12.1 Å². The number of benzene rings is 1. The highest BCUT2D eigenvalue weighted by Gasteiger charge is 2.64. The third-order valence-electron chi connectivity index (χ3n) is 4.74. The molecule has 2 aliphatic carbocycles. The van der Waals surface area contributed by atoms with Crippen molar-refractivity contribution in [2.75, 3.05) is 0 Å². The van der Waals surface area contributed by atoms with Gasteiger partial charge in [-0.15, -0.1) is 0 Å². The van der Waals surface area contributed by atoms with Gasteiger partial charge in [-0.3, -0.25) is 0 Å². The van der Waals surface area contributed by atoms with E-state index in [1.54, 1.807) is 0 Å². The highest BCUT2D eigenvalue weighted by atomic mass is 16.3. The maximum atomic E-state index is 6.59. The Morgan fingerprint density at radius 3 is 2.53 bits per heavy atom. The van der Waals surface area contributed by atoms with Crippen molar-refractivity contribution in [3.8, 4) is 0 Å². The molecule has 0 radical (unpaired) electrons. The van der Waals surface area contributed by atoms with Crippen LogP contribution in [0.5, 0.6) is 0 Å². The summed E-state index contributed by atoms with van der Waals surface area (Å²) in [6, 6.07) is 10.3. The second-order valence-corrected chi connectivity index (χ2v) is 5.58. The van der Waals surface area contributed by atoms with Crippen LogP contribution in [0.2, 0.25) is 0 Å². The normalized spacial score (nSPS) is 35.8. The first kappa shape index (κ1) is 9.72. The number of rotatable bonds is 1. The molecule has 2 nitrogen and oxygen atoms in total. The van der Waals surface area contributed by atoms with E-state index in [0.29, 0.717) is 11.8 Å². The molecule has 4 rings (SSSR count). The molecular weight excluding hydrogens is 210 g/mol. The molecule has 88 valence electrons. The number of furan rings is 1. The SMILES string of the molecule is NC1(c2cc3ccccc3o2)C2CCCCC21. The maximum absolute atomic E-state index is 6.59. The van der Waals surface area contributed by atoms with Crippen molar-refractivity contribution >= 4 is 11.0 Å². The van der Waals surface area contributed by atoms with Crippen LogP contribution in [0.15, 0.2) is 34.7 Å². The van der Waals surface area contributed by atoms with Crippen molar-refractivity contribution in [3.63, 3.8) is 0 Å². The fourth-order valence-corrected chi connectivity index (χ4v) is 3.73. The molecule has 2 aromatic rings. The van der Waals surface area contributed by atoms with Crippen LogP contribution in [-0.4, -0.2) is 0 Å². The molecule has 17 heavy (non-hydrogen) atoms. The number of para-hydroxylation sites is 1. The lowest BCUT2D eigenvalue weighted by Crippen LogP contribution is -2.23. The molecule has 1 aromatic heterocycles. The zero-order chi connectivity index (χ0) is 11.5. The molecule has 0 aliphatic heterocycles. The fraction of sp³-hybridized carbons (Fsp3) is 0.467. The molecule has 0 spiro atoms. The Kier molecular flexibility index (Phi) is 1.79. The van der Waals surface area contributed by atoms with Gasteiger partial charge < -0.3 is 10.2 Å². The molecule has 0 amide bonds. The number of nitrogens with two attached hydrogens (primary N) is 1. The third-order valence-corrected chi connectivity index (χ3v) is 4.74. The average Bonchev–Trinajstić information content (AvgIpc) is 2.80. The number of fused-ring (bicyclic) bond motifs is 2. The van der Waals surface area contributed by atoms with Gasteiger partial charge in [-0.1, -0.05) is 31.0 Å². The van der Waals surface area contributed by atoms with Crippen LogP contribution in [0, 0.1) is 11.8 Å². The molecule has 0 saturated heterocycles. The summed E-state index contributed by atoms with van der Waals surface area (Å²) in [5, 5.41) is 1.18. The van der Waals surface area contributed by atoms with E-state index in [9.17, 15) is 0 Å². The van der Waals surface area contributed by atoms with Crippen LogP contribution >= 0.6 is 0 Å². The molecule has 0 bridgehead atoms. The molecule has 1 aromatic carbocycles. The summed E-state index contributed by atoms with van der Waals surface area (Å²) < 4.78 is 5.96. The average molecular weight is 227 g/mol. The highest BCUT2D eigenvalue weighted by Crippen LogP contribution is 2.63. The topological polar surface area (TPSA) is 39.2 Å². The van der Waals surface area contributed by atoms with E-state index in [1.807, 2.05) is 18.2 Å². The standard InChI is InChI=1S/C15H17NO/c16-15(11-6-2-3-7-12(11)15)14-9-10-5-1-4-8-13(10)17-14/h1,4-5,8-9,11-12H,2-3,6-7,16H2. The second kappa shape index (κ2) is 3.14. The van der Waals surface area contributed by atoms with E-state index >= 15 is 0 Å². The van der Waals surface area contributed by atoms with Gasteiger partial charge in [0.05, 0.1) is 5.54 Å². The summed E-state index contributed by atoms with van der Waals surface area (Å²) in [5.74, 6) is 2.34. The lowest BCUT2D eigenvalue weighted by Gasteiger charge is -2.06. The third kappa shape index (κ3) is 1.19. The number of hydrogen-bond donors (Lipinski definition) is 1. The van der Waals surface area contributed by atoms with Gasteiger partial charge in [0.2, 0.25) is 0 Å². The largest absolute Gasteiger partial charge is 0.459 e. The molecule has 2 N–H and O–H groups in total. The zero-order valence-electron chi connectivity index (χ0n) is 9.86. The van der Waals surface area contributed by atoms with Crippen molar-refractivity contribution < 1.29 is 4.42 Å². The van der Waals surface area contributed by atoms with Crippen molar-refractivity contribution in [1.29, 1.82) is 0 Å². The Balaban J connectivity index is 1.79. The Hall–Kier alpha value is -1.28. The van der Waals surface area contributed by atoms with E-state index in [-0.39, 0.29) is 5.54 Å². The highest BCUT2D eigenvalue weighted by molar-refractivity contribution is 5.78. The molecule has 2 aliphatic rings. The first-order chi connectivity index (χ1) is 8.30. The van der Waals surface area contributed by atoms with Gasteiger partial charge >= 0.3 is 0 Å². The van der Waals surface area contributed by atoms with Crippen molar-refractivity contribution in [2.24, 2.45) is 17.6 Å². The van der Waals surface area contributed by atoms with Gasteiger partial charge in [-0.05, 0) is 36.8 Å². The lowest BCUT2D eigenvalue weighted by molar-refractivity contribution is 0.449. The molecular formula is C15H17NO. The monoisotopic (exact) mass is 227 g/mol. The lowest BCUT2D eigenvalue weighted by atomic mass is 10.0. The second-order valence-electron chi connectivity index (χ2n) is 5.58. The molecule has 1 heterocycles. The quantitative estimate of drug-likeness (QED) is 0.810. The number of hydrogen-bond acceptors (Lipinski definition) is 2. The van der Waals surface area contributed by atoms with E-state index in [1.165, 1.54) is 31.1 Å². The first-order valence-electron chi connectivity index (χ1n) is 6.58. The van der Waals surface area contributed by atoms with Crippen molar-refractivity contribution in [2.45, 2.75) is 31.2 Å². The molecule has 2 atom stereocenters. The predicted molar refractivity (Wildman–Crippen MR) is 67.5 cm³/mol. The summed E-state index contributed by atoms with van der Waals surface area (Å²) in [7, 11) is 0. The fourth-order valence-electron chi connectivity index (χ4n) is 3.73. The predicted octanol–water partition coefficient (Wildman–Crippen LogP) is 3.41. The maximum Gasteiger partial charge on any atom is 0.134 e. The van der Waals surface area contributed by atoms with Crippen molar-refractivity contribution in [1.82, 2.24) is 0 Å². The Morgan fingerprint density at radius 1 is 1.12 bits per heavy atom. The van der Waals surface area contributed by atoms with Gasteiger partial charge in [0.1, 0.15) is 11.3 Å². The minimum atomic E-state index is -0.157. The van der Waals surface area contributed by atoms with E-state index < -0.39 is 0 Å². The summed E-state index contributed by atoms with van der Waals surface area (Å²) in [5.41, 5.74) is 7.40.